The highest BCUT2D eigenvalue weighted by Gasteiger charge is 2.09. The Balaban J connectivity index is 2.48. The van der Waals surface area contributed by atoms with Crippen molar-refractivity contribution in [1.82, 2.24) is 9.97 Å². The first-order valence-electron chi connectivity index (χ1n) is 5.31. The fraction of sp³-hybridized carbons (Fsp3) is 0.333. The molecule has 4 heteroatoms. The summed E-state index contributed by atoms with van der Waals surface area (Å²) in [6.45, 7) is 6.05. The van der Waals surface area contributed by atoms with Crippen LogP contribution in [0.3, 0.4) is 0 Å². The van der Waals surface area contributed by atoms with E-state index in [2.05, 4.69) is 29.0 Å². The lowest BCUT2D eigenvalue weighted by molar-refractivity contribution is 1.08. The lowest BCUT2D eigenvalue weighted by atomic mass is 10.2. The van der Waals surface area contributed by atoms with Crippen molar-refractivity contribution in [2.75, 3.05) is 5.73 Å². The van der Waals surface area contributed by atoms with Crippen LogP contribution in [0.2, 0.25) is 0 Å². The smallest absolute Gasteiger partial charge is 0.171 e. The molecule has 0 aliphatic rings. The average Bonchev–Trinajstić information content (AvgIpc) is 2.73. The van der Waals surface area contributed by atoms with Crippen LogP contribution in [0.4, 0.5) is 5.82 Å². The Morgan fingerprint density at radius 2 is 2.00 bits per heavy atom. The number of rotatable bonds is 2. The number of thiophene rings is 1. The third kappa shape index (κ3) is 1.93. The maximum atomic E-state index is 5.85. The van der Waals surface area contributed by atoms with E-state index in [1.54, 1.807) is 11.3 Å². The summed E-state index contributed by atoms with van der Waals surface area (Å²) in [5.41, 5.74) is 7.77. The summed E-state index contributed by atoms with van der Waals surface area (Å²) in [5, 5.41) is 0. The van der Waals surface area contributed by atoms with Crippen molar-refractivity contribution >= 4 is 17.2 Å². The van der Waals surface area contributed by atoms with Gasteiger partial charge in [0.1, 0.15) is 5.82 Å². The summed E-state index contributed by atoms with van der Waals surface area (Å²) in [6, 6.07) is 4.18. The van der Waals surface area contributed by atoms with E-state index in [4.69, 9.17) is 5.73 Å². The Morgan fingerprint density at radius 1 is 1.25 bits per heavy atom. The van der Waals surface area contributed by atoms with Crippen molar-refractivity contribution in [2.24, 2.45) is 0 Å². The van der Waals surface area contributed by atoms with Crippen LogP contribution in [0, 0.1) is 13.8 Å². The normalized spacial score (nSPS) is 10.7. The van der Waals surface area contributed by atoms with Gasteiger partial charge in [-0.3, -0.25) is 0 Å². The zero-order valence-corrected chi connectivity index (χ0v) is 10.6. The molecule has 2 aromatic heterocycles. The second kappa shape index (κ2) is 4.22. The minimum absolute atomic E-state index is 0.578. The number of aryl methyl sites for hydroxylation is 2. The van der Waals surface area contributed by atoms with Crippen LogP contribution in [0.5, 0.6) is 0 Å². The van der Waals surface area contributed by atoms with E-state index in [1.165, 1.54) is 4.88 Å². The molecule has 0 aliphatic carbocycles. The zero-order valence-electron chi connectivity index (χ0n) is 9.74. The number of hydrogen-bond acceptors (Lipinski definition) is 4. The van der Waals surface area contributed by atoms with Crippen LogP contribution in [-0.4, -0.2) is 9.97 Å². The molecular formula is C12H15N3S. The van der Waals surface area contributed by atoms with Crippen LogP contribution < -0.4 is 5.73 Å². The van der Waals surface area contributed by atoms with Crippen molar-refractivity contribution in [3.8, 4) is 10.7 Å². The summed E-state index contributed by atoms with van der Waals surface area (Å²) in [4.78, 5) is 11.2. The second-order valence-electron chi connectivity index (χ2n) is 3.76. The van der Waals surface area contributed by atoms with E-state index in [0.717, 1.165) is 28.4 Å². The van der Waals surface area contributed by atoms with Crippen molar-refractivity contribution < 1.29 is 0 Å². The Bertz CT molecular complexity index is 494. The monoisotopic (exact) mass is 233 g/mol. The van der Waals surface area contributed by atoms with Crippen molar-refractivity contribution in [2.45, 2.75) is 27.2 Å². The van der Waals surface area contributed by atoms with Gasteiger partial charge in [-0.25, -0.2) is 9.97 Å². The summed E-state index contributed by atoms with van der Waals surface area (Å²) in [7, 11) is 0. The quantitative estimate of drug-likeness (QED) is 0.867. The first-order valence-corrected chi connectivity index (χ1v) is 6.13. The molecule has 0 unspecified atom stereocenters. The Labute approximate surface area is 99.4 Å². The van der Waals surface area contributed by atoms with Crippen LogP contribution in [0.15, 0.2) is 12.1 Å². The number of nitrogen functional groups attached to an aromatic ring is 1. The number of anilines is 1. The molecule has 0 spiro atoms. The highest BCUT2D eigenvalue weighted by Crippen LogP contribution is 2.27. The van der Waals surface area contributed by atoms with Crippen LogP contribution in [-0.2, 0) is 6.42 Å². The van der Waals surface area contributed by atoms with Gasteiger partial charge in [0.05, 0.1) is 4.88 Å². The molecule has 2 heterocycles. The fourth-order valence-corrected chi connectivity index (χ4v) is 2.33. The molecule has 0 aromatic carbocycles. The lowest BCUT2D eigenvalue weighted by Gasteiger charge is -2.04. The molecule has 0 saturated carbocycles. The van der Waals surface area contributed by atoms with Crippen molar-refractivity contribution in [3.63, 3.8) is 0 Å². The highest BCUT2D eigenvalue weighted by molar-refractivity contribution is 7.15. The van der Waals surface area contributed by atoms with Gasteiger partial charge in [-0.15, -0.1) is 11.3 Å². The third-order valence-electron chi connectivity index (χ3n) is 2.66. The molecule has 0 fully saturated rings. The van der Waals surface area contributed by atoms with Gasteiger partial charge in [0, 0.05) is 16.1 Å². The molecule has 0 radical (unpaired) electrons. The Morgan fingerprint density at radius 3 is 2.56 bits per heavy atom. The SMILES string of the molecule is CCc1ccc(-c2nc(C)c(C)c(N)n2)s1. The molecule has 2 aromatic rings. The first-order chi connectivity index (χ1) is 7.61. The average molecular weight is 233 g/mol. The number of hydrogen-bond donors (Lipinski definition) is 1. The van der Waals surface area contributed by atoms with E-state index in [-0.39, 0.29) is 0 Å². The lowest BCUT2D eigenvalue weighted by Crippen LogP contribution is -2.01. The van der Waals surface area contributed by atoms with Gasteiger partial charge in [-0.1, -0.05) is 6.92 Å². The van der Waals surface area contributed by atoms with Crippen LogP contribution in [0.25, 0.3) is 10.7 Å². The van der Waals surface area contributed by atoms with Crippen molar-refractivity contribution in [1.29, 1.82) is 0 Å². The Kier molecular flexibility index (Phi) is 2.92. The maximum absolute atomic E-state index is 5.85. The van der Waals surface area contributed by atoms with Crippen LogP contribution in [0.1, 0.15) is 23.1 Å². The predicted octanol–water partition coefficient (Wildman–Crippen LogP) is 2.97. The summed E-state index contributed by atoms with van der Waals surface area (Å²) in [6.07, 6.45) is 1.05. The molecule has 0 atom stereocenters. The van der Waals surface area contributed by atoms with Gasteiger partial charge in [-0.05, 0) is 32.4 Å². The standard InChI is InChI=1S/C12H15N3S/c1-4-9-5-6-10(16-9)12-14-8(3)7(2)11(13)15-12/h5-6H,4H2,1-3H3,(H2,13,14,15). The fourth-order valence-electron chi connectivity index (χ4n) is 1.45. The Hall–Kier alpha value is -1.42. The molecule has 3 nitrogen and oxygen atoms in total. The number of aromatic nitrogens is 2. The molecule has 84 valence electrons. The molecule has 16 heavy (non-hydrogen) atoms. The van der Waals surface area contributed by atoms with Gasteiger partial charge in [0.2, 0.25) is 0 Å². The second-order valence-corrected chi connectivity index (χ2v) is 4.93. The highest BCUT2D eigenvalue weighted by atomic mass is 32.1. The third-order valence-corrected chi connectivity index (χ3v) is 3.88. The molecule has 0 aliphatic heterocycles. The first kappa shape index (κ1) is 11.1. The summed E-state index contributed by atoms with van der Waals surface area (Å²) in [5.74, 6) is 1.32. The maximum Gasteiger partial charge on any atom is 0.171 e. The molecule has 0 bridgehead atoms. The van der Waals surface area contributed by atoms with E-state index >= 15 is 0 Å². The number of nitrogens with two attached hydrogens (primary N) is 1. The van der Waals surface area contributed by atoms with Gasteiger partial charge in [0.15, 0.2) is 5.82 Å². The molecule has 2 N–H and O–H groups in total. The van der Waals surface area contributed by atoms with E-state index < -0.39 is 0 Å². The van der Waals surface area contributed by atoms with E-state index in [9.17, 15) is 0 Å². The van der Waals surface area contributed by atoms with Gasteiger partial charge in [-0.2, -0.15) is 0 Å². The predicted molar refractivity (Wildman–Crippen MR) is 68.6 cm³/mol. The molecule has 2 rings (SSSR count). The van der Waals surface area contributed by atoms with E-state index in [1.807, 2.05) is 13.8 Å². The van der Waals surface area contributed by atoms with Gasteiger partial charge >= 0.3 is 0 Å². The molecule has 0 saturated heterocycles. The minimum Gasteiger partial charge on any atom is -0.383 e. The van der Waals surface area contributed by atoms with Gasteiger partial charge in [0.25, 0.3) is 0 Å². The minimum atomic E-state index is 0.578. The summed E-state index contributed by atoms with van der Waals surface area (Å²) < 4.78 is 0. The number of nitrogens with zero attached hydrogens (tertiary/aromatic N) is 2. The molecule has 0 amide bonds. The summed E-state index contributed by atoms with van der Waals surface area (Å²) >= 11 is 1.73. The van der Waals surface area contributed by atoms with Gasteiger partial charge < -0.3 is 5.73 Å². The molecular weight excluding hydrogens is 218 g/mol. The van der Waals surface area contributed by atoms with Crippen molar-refractivity contribution in [3.05, 3.63) is 28.3 Å². The zero-order chi connectivity index (χ0) is 11.7. The largest absolute Gasteiger partial charge is 0.383 e. The topological polar surface area (TPSA) is 51.8 Å². The van der Waals surface area contributed by atoms with Crippen LogP contribution >= 0.6 is 11.3 Å². The van der Waals surface area contributed by atoms with E-state index in [0.29, 0.717) is 5.82 Å².